The molecule has 4 aliphatic rings. The second kappa shape index (κ2) is 27.1. The van der Waals surface area contributed by atoms with Crippen molar-refractivity contribution in [1.82, 2.24) is 9.80 Å². The van der Waals surface area contributed by atoms with Crippen LogP contribution < -0.4 is 0 Å². The van der Waals surface area contributed by atoms with Gasteiger partial charge in [-0.25, -0.2) is 0 Å². The Morgan fingerprint density at radius 2 is 1.57 bits per heavy atom. The van der Waals surface area contributed by atoms with Crippen molar-refractivity contribution in [3.8, 4) is 0 Å². The molecule has 4 aliphatic heterocycles. The van der Waals surface area contributed by atoms with Crippen LogP contribution in [0.15, 0.2) is 24.3 Å². The number of allylic oxidation sites excluding steroid dienone is 2. The molecular formula is C50H84N2O16. The number of aliphatic hydroxyl groups excluding tert-OH is 1. The summed E-state index contributed by atoms with van der Waals surface area (Å²) >= 11 is 0. The SMILES string of the molecule is CCCC(=O)O[C@H]1[C@H](C)O[C@@H](O[C@H]2[C@H](N(C)C)[C@@H](O)[C@H](O[C@H]3C(CC=O)C[C@@H](C)[C@@H](O[C@H]4CC[C@H](N(C)C)[C@@H](C)O4)/C=C/C=C/C[C@@H](C)OC(=O)CC(OC(=O)CC)[C@@H]3OC)O[C@@H]2C)C[C@@]1(C)O. The molecule has 18 nitrogen and oxygen atoms in total. The number of aldehydes is 1. The molecule has 0 aromatic heterocycles. The molecule has 68 heavy (non-hydrogen) atoms. The highest BCUT2D eigenvalue weighted by atomic mass is 16.7. The quantitative estimate of drug-likeness (QED) is 0.123. The van der Waals surface area contributed by atoms with Crippen molar-refractivity contribution in [1.29, 1.82) is 0 Å². The van der Waals surface area contributed by atoms with Gasteiger partial charge in [-0.2, -0.15) is 0 Å². The Bertz CT molecular complexity index is 1640. The van der Waals surface area contributed by atoms with Crippen molar-refractivity contribution >= 4 is 24.2 Å². The van der Waals surface area contributed by atoms with Gasteiger partial charge in [-0.15, -0.1) is 0 Å². The van der Waals surface area contributed by atoms with Crippen molar-refractivity contribution in [2.75, 3.05) is 35.3 Å². The van der Waals surface area contributed by atoms with Gasteiger partial charge in [0.25, 0.3) is 0 Å². The normalized spacial score (nSPS) is 41.1. The third-order valence-electron chi connectivity index (χ3n) is 13.6. The first kappa shape index (κ1) is 57.7. The summed E-state index contributed by atoms with van der Waals surface area (Å²) in [6, 6.07) is -0.547. The second-order valence-corrected chi connectivity index (χ2v) is 19.8. The molecule has 3 fully saturated rings. The maximum Gasteiger partial charge on any atom is 0.309 e. The third kappa shape index (κ3) is 16.1. The van der Waals surface area contributed by atoms with Crippen LogP contribution in [0, 0.1) is 11.8 Å². The Hall–Kier alpha value is -2.88. The van der Waals surface area contributed by atoms with E-state index in [1.165, 1.54) is 7.11 Å². The van der Waals surface area contributed by atoms with E-state index in [4.69, 9.17) is 47.4 Å². The molecule has 4 heterocycles. The highest BCUT2D eigenvalue weighted by molar-refractivity contribution is 5.72. The van der Waals surface area contributed by atoms with Gasteiger partial charge in [0.15, 0.2) is 25.0 Å². The van der Waals surface area contributed by atoms with Gasteiger partial charge in [0.1, 0.15) is 42.4 Å². The standard InChI is InChI=1S/C50H84N2O16/c1-14-19-39(55)66-48-33(7)62-42(28-50(48,8)58)67-45-32(6)63-49(44(57)43(45)52(11)12)68-46-34(24-25-53)26-29(3)36(65-41-23-22-35(51(9)10)31(5)61-41)21-18-16-17-20-30(4)60-40(56)27-37(47(46)59-13)64-38(54)15-2/h16-18,21,25,29-37,41-49,57-58H,14-15,19-20,22-24,26-28H2,1-13H3/b17-16+,21-18+/t29-,30-,31-,32-,33+,34?,35+,36+,37?,41+,42+,43-,44-,45-,46+,47+,48+,49+,50-/m1/s1. The number of esters is 3. The number of methoxy groups -OCH3 is 1. The monoisotopic (exact) mass is 969 g/mol. The van der Waals surface area contributed by atoms with E-state index in [0.717, 1.165) is 12.7 Å². The summed E-state index contributed by atoms with van der Waals surface area (Å²) in [7, 11) is 9.03. The van der Waals surface area contributed by atoms with Crippen molar-refractivity contribution in [3.63, 3.8) is 0 Å². The highest BCUT2D eigenvalue weighted by Gasteiger charge is 2.53. The molecule has 0 saturated carbocycles. The van der Waals surface area contributed by atoms with E-state index < -0.39 is 115 Å². The van der Waals surface area contributed by atoms with Crippen LogP contribution in [0.1, 0.15) is 120 Å². The highest BCUT2D eigenvalue weighted by Crippen LogP contribution is 2.38. The number of carbonyl (C=O) groups is 4. The minimum atomic E-state index is -1.50. The predicted molar refractivity (Wildman–Crippen MR) is 250 cm³/mol. The van der Waals surface area contributed by atoms with Crippen molar-refractivity contribution in [2.45, 2.75) is 223 Å². The van der Waals surface area contributed by atoms with E-state index >= 15 is 0 Å². The molecule has 0 aromatic rings. The number of hydrogen-bond acceptors (Lipinski definition) is 18. The van der Waals surface area contributed by atoms with Gasteiger partial charge >= 0.3 is 17.9 Å². The zero-order chi connectivity index (χ0) is 50.5. The number of aliphatic hydroxyl groups is 2. The zero-order valence-corrected chi connectivity index (χ0v) is 42.9. The van der Waals surface area contributed by atoms with Crippen LogP contribution in [0.2, 0.25) is 0 Å². The van der Waals surface area contributed by atoms with Crippen molar-refractivity contribution in [3.05, 3.63) is 24.3 Å². The molecule has 0 amide bonds. The molecule has 0 aliphatic carbocycles. The summed E-state index contributed by atoms with van der Waals surface area (Å²) in [5.74, 6) is -2.59. The molecule has 0 aromatic carbocycles. The van der Waals surface area contributed by atoms with Crippen LogP contribution in [-0.2, 0) is 66.5 Å². The zero-order valence-electron chi connectivity index (χ0n) is 42.9. The summed E-state index contributed by atoms with van der Waals surface area (Å²) in [4.78, 5) is 55.8. The number of carbonyl (C=O) groups excluding carboxylic acids is 4. The van der Waals surface area contributed by atoms with E-state index in [9.17, 15) is 29.4 Å². The smallest absolute Gasteiger partial charge is 0.309 e. The molecule has 4 rings (SSSR count). The molecule has 390 valence electrons. The number of cyclic esters (lactones) is 1. The van der Waals surface area contributed by atoms with Gasteiger partial charge in [0.2, 0.25) is 0 Å². The first-order chi connectivity index (χ1) is 32.1. The van der Waals surface area contributed by atoms with Crippen LogP contribution in [-0.4, -0.2) is 183 Å². The average Bonchev–Trinajstić information content (AvgIpc) is 3.25. The first-order valence-corrected chi connectivity index (χ1v) is 24.7. The van der Waals surface area contributed by atoms with Gasteiger partial charge in [0, 0.05) is 45.3 Å². The summed E-state index contributed by atoms with van der Waals surface area (Å²) in [5.41, 5.74) is -1.50. The summed E-state index contributed by atoms with van der Waals surface area (Å²) < 4.78 is 62.9. The molecule has 2 unspecified atom stereocenters. The first-order valence-electron chi connectivity index (χ1n) is 24.7. The number of nitrogens with zero attached hydrogens (tertiary/aromatic N) is 2. The predicted octanol–water partition coefficient (Wildman–Crippen LogP) is 4.64. The Labute approximate surface area is 404 Å². The number of likely N-dealkylation sites (N-methyl/N-ethyl adjacent to an activating group) is 2. The molecule has 2 N–H and O–H groups in total. The lowest BCUT2D eigenvalue weighted by atomic mass is 9.82. The van der Waals surface area contributed by atoms with Gasteiger partial charge in [-0.1, -0.05) is 45.1 Å². The lowest BCUT2D eigenvalue weighted by Crippen LogP contribution is -2.66. The van der Waals surface area contributed by atoms with Gasteiger partial charge in [0.05, 0.1) is 43.0 Å². The van der Waals surface area contributed by atoms with E-state index in [-0.39, 0.29) is 50.2 Å². The van der Waals surface area contributed by atoms with E-state index in [0.29, 0.717) is 25.7 Å². The summed E-state index contributed by atoms with van der Waals surface area (Å²) in [6.45, 7) is 14.4. The van der Waals surface area contributed by atoms with Crippen molar-refractivity contribution in [2.24, 2.45) is 11.8 Å². The largest absolute Gasteiger partial charge is 0.462 e. The molecule has 0 bridgehead atoms. The number of ether oxygens (including phenoxy) is 10. The van der Waals surface area contributed by atoms with Crippen LogP contribution >= 0.6 is 0 Å². The fourth-order valence-corrected chi connectivity index (χ4v) is 10.1. The van der Waals surface area contributed by atoms with E-state index in [1.807, 2.05) is 59.2 Å². The Kier molecular flexibility index (Phi) is 23.0. The molecule has 19 atom stereocenters. The van der Waals surface area contributed by atoms with E-state index in [1.54, 1.807) is 53.6 Å². The Balaban J connectivity index is 1.72. The van der Waals surface area contributed by atoms with Crippen LogP contribution in [0.25, 0.3) is 0 Å². The second-order valence-electron chi connectivity index (χ2n) is 19.8. The average molecular weight is 969 g/mol. The summed E-state index contributed by atoms with van der Waals surface area (Å²) in [5, 5.41) is 23.9. The van der Waals surface area contributed by atoms with Crippen LogP contribution in [0.5, 0.6) is 0 Å². The van der Waals surface area contributed by atoms with E-state index in [2.05, 4.69) is 4.90 Å². The van der Waals surface area contributed by atoms with Crippen LogP contribution in [0.4, 0.5) is 0 Å². The minimum absolute atomic E-state index is 0.00342. The lowest BCUT2D eigenvalue weighted by Gasteiger charge is -2.50. The van der Waals surface area contributed by atoms with Gasteiger partial charge in [-0.05, 0) is 100 Å². The maximum absolute atomic E-state index is 13.6. The minimum Gasteiger partial charge on any atom is -0.462 e. The molecule has 18 heteroatoms. The third-order valence-corrected chi connectivity index (χ3v) is 13.6. The number of rotatable bonds is 16. The Morgan fingerprint density at radius 1 is 0.868 bits per heavy atom. The Morgan fingerprint density at radius 3 is 2.18 bits per heavy atom. The van der Waals surface area contributed by atoms with Gasteiger partial charge < -0.3 is 72.2 Å². The van der Waals surface area contributed by atoms with Crippen molar-refractivity contribution < 1.29 is 76.8 Å². The van der Waals surface area contributed by atoms with Crippen LogP contribution in [0.3, 0.4) is 0 Å². The molecule has 0 radical (unpaired) electrons. The fraction of sp³-hybridized carbons (Fsp3) is 0.840. The summed E-state index contributed by atoms with van der Waals surface area (Å²) in [6.07, 6.45) is -1.07. The molecule has 0 spiro atoms. The van der Waals surface area contributed by atoms with Gasteiger partial charge in [-0.3, -0.25) is 14.4 Å². The lowest BCUT2D eigenvalue weighted by molar-refractivity contribution is -0.344. The molecule has 3 saturated heterocycles. The maximum atomic E-state index is 13.6. The fourth-order valence-electron chi connectivity index (χ4n) is 10.1. The number of hydrogen-bond donors (Lipinski definition) is 2. The topological polar surface area (TPSA) is 208 Å². The molecular weight excluding hydrogens is 885 g/mol.